The number of ether oxygens (including phenoxy) is 2. The molecule has 0 aliphatic rings. The predicted octanol–water partition coefficient (Wildman–Crippen LogP) is 4.64. The first-order chi connectivity index (χ1) is 14.1. The van der Waals surface area contributed by atoms with E-state index < -0.39 is 0 Å². The molecular formula is C20H18N4O3S2. The van der Waals surface area contributed by atoms with Crippen molar-refractivity contribution in [3.05, 3.63) is 58.7 Å². The zero-order chi connectivity index (χ0) is 20.4. The molecule has 7 nitrogen and oxygen atoms in total. The van der Waals surface area contributed by atoms with Crippen molar-refractivity contribution in [1.82, 2.24) is 14.5 Å². The summed E-state index contributed by atoms with van der Waals surface area (Å²) >= 11 is 3.14. The Morgan fingerprint density at radius 1 is 1.14 bits per heavy atom. The smallest absolute Gasteiger partial charge is 0.256 e. The molecule has 4 rings (SSSR count). The number of anilines is 1. The zero-order valence-electron chi connectivity index (χ0n) is 16.0. The van der Waals surface area contributed by atoms with E-state index in [0.717, 1.165) is 21.5 Å². The summed E-state index contributed by atoms with van der Waals surface area (Å²) in [6, 6.07) is 9.05. The van der Waals surface area contributed by atoms with Crippen LogP contribution in [0.2, 0.25) is 0 Å². The maximum atomic E-state index is 12.8. The number of nitrogens with one attached hydrogen (secondary N) is 1. The molecular weight excluding hydrogens is 408 g/mol. The molecule has 0 radical (unpaired) electrons. The number of thiazole rings is 1. The second kappa shape index (κ2) is 8.06. The average Bonchev–Trinajstić information content (AvgIpc) is 3.48. The van der Waals surface area contributed by atoms with E-state index in [1.165, 1.54) is 18.4 Å². The van der Waals surface area contributed by atoms with Crippen LogP contribution >= 0.6 is 22.7 Å². The number of amides is 1. The number of thiophene rings is 1. The van der Waals surface area contributed by atoms with E-state index in [2.05, 4.69) is 10.3 Å². The molecule has 0 bridgehead atoms. The number of methoxy groups -OCH3 is 2. The van der Waals surface area contributed by atoms with E-state index in [-0.39, 0.29) is 5.91 Å². The van der Waals surface area contributed by atoms with Gasteiger partial charge in [0.15, 0.2) is 16.6 Å². The van der Waals surface area contributed by atoms with Gasteiger partial charge in [-0.1, -0.05) is 6.07 Å². The molecule has 0 spiro atoms. The van der Waals surface area contributed by atoms with Crippen molar-refractivity contribution in [3.8, 4) is 27.2 Å². The summed E-state index contributed by atoms with van der Waals surface area (Å²) < 4.78 is 12.3. The van der Waals surface area contributed by atoms with Crippen LogP contribution in [0.4, 0.5) is 5.82 Å². The summed E-state index contributed by atoms with van der Waals surface area (Å²) in [5.41, 5.74) is 1.36. The highest BCUT2D eigenvalue weighted by Crippen LogP contribution is 2.31. The van der Waals surface area contributed by atoms with Crippen LogP contribution in [0.3, 0.4) is 0 Å². The Balaban J connectivity index is 1.62. The molecule has 0 fully saturated rings. The minimum absolute atomic E-state index is 0.276. The van der Waals surface area contributed by atoms with Crippen LogP contribution in [0.25, 0.3) is 15.7 Å². The number of benzene rings is 1. The number of carbonyl (C=O) groups is 1. The maximum absolute atomic E-state index is 12.8. The van der Waals surface area contributed by atoms with Crippen LogP contribution < -0.4 is 14.8 Å². The van der Waals surface area contributed by atoms with Gasteiger partial charge in [0.05, 0.1) is 31.0 Å². The van der Waals surface area contributed by atoms with Gasteiger partial charge in [-0.15, -0.1) is 22.7 Å². The lowest BCUT2D eigenvalue weighted by atomic mass is 10.2. The van der Waals surface area contributed by atoms with Gasteiger partial charge < -0.3 is 14.8 Å². The summed E-state index contributed by atoms with van der Waals surface area (Å²) in [6.07, 6.45) is 1.63. The molecule has 0 aliphatic heterocycles. The van der Waals surface area contributed by atoms with E-state index in [1.807, 2.05) is 34.4 Å². The van der Waals surface area contributed by atoms with Gasteiger partial charge in [0.25, 0.3) is 5.91 Å². The van der Waals surface area contributed by atoms with Crippen molar-refractivity contribution in [2.24, 2.45) is 0 Å². The second-order valence-corrected chi connectivity index (χ2v) is 7.83. The summed E-state index contributed by atoms with van der Waals surface area (Å²) in [4.78, 5) is 23.0. The molecule has 1 N–H and O–H groups in total. The quantitative estimate of drug-likeness (QED) is 0.486. The highest BCUT2D eigenvalue weighted by atomic mass is 32.1. The molecule has 9 heteroatoms. The number of hydrogen-bond acceptors (Lipinski definition) is 7. The number of rotatable bonds is 6. The Labute approximate surface area is 175 Å². The molecule has 0 atom stereocenters. The number of imidazole rings is 1. The first kappa shape index (κ1) is 19.2. The van der Waals surface area contributed by atoms with Gasteiger partial charge in [-0.05, 0) is 36.6 Å². The lowest BCUT2D eigenvalue weighted by Gasteiger charge is -2.11. The molecule has 29 heavy (non-hydrogen) atoms. The molecule has 0 saturated carbocycles. The molecule has 4 aromatic rings. The molecule has 1 aromatic carbocycles. The molecule has 0 unspecified atom stereocenters. The van der Waals surface area contributed by atoms with Crippen molar-refractivity contribution in [2.75, 3.05) is 19.5 Å². The van der Waals surface area contributed by atoms with Gasteiger partial charge in [-0.3, -0.25) is 9.36 Å². The maximum Gasteiger partial charge on any atom is 0.256 e. The second-order valence-electron chi connectivity index (χ2n) is 6.04. The number of carbonyl (C=O) groups excluding carboxylic acids is 1. The minimum Gasteiger partial charge on any atom is -0.493 e. The van der Waals surface area contributed by atoms with E-state index in [4.69, 9.17) is 14.5 Å². The van der Waals surface area contributed by atoms with Gasteiger partial charge in [0.2, 0.25) is 0 Å². The fourth-order valence-electron chi connectivity index (χ4n) is 2.84. The van der Waals surface area contributed by atoms with Crippen LogP contribution in [0.15, 0.2) is 47.3 Å². The zero-order valence-corrected chi connectivity index (χ0v) is 17.6. The predicted molar refractivity (Wildman–Crippen MR) is 115 cm³/mol. The van der Waals surface area contributed by atoms with Crippen molar-refractivity contribution in [2.45, 2.75) is 6.92 Å². The van der Waals surface area contributed by atoms with Crippen LogP contribution in [0.5, 0.6) is 11.5 Å². The Morgan fingerprint density at radius 2 is 1.97 bits per heavy atom. The van der Waals surface area contributed by atoms with Crippen molar-refractivity contribution in [1.29, 1.82) is 0 Å². The third-order valence-corrected chi connectivity index (χ3v) is 6.00. The van der Waals surface area contributed by atoms with E-state index in [0.29, 0.717) is 22.9 Å². The van der Waals surface area contributed by atoms with Gasteiger partial charge in [-0.2, -0.15) is 0 Å². The number of hydrogen-bond donors (Lipinski definition) is 1. The Hall–Kier alpha value is -3.17. The van der Waals surface area contributed by atoms with Gasteiger partial charge in [0, 0.05) is 10.9 Å². The van der Waals surface area contributed by atoms with Gasteiger partial charge in [0.1, 0.15) is 11.6 Å². The molecule has 3 heterocycles. The topological polar surface area (TPSA) is 78.3 Å². The molecule has 148 valence electrons. The van der Waals surface area contributed by atoms with E-state index in [9.17, 15) is 4.79 Å². The fourth-order valence-corrected chi connectivity index (χ4v) is 4.49. The summed E-state index contributed by atoms with van der Waals surface area (Å²) in [5, 5.41) is 7.68. The lowest BCUT2D eigenvalue weighted by Crippen LogP contribution is -2.15. The van der Waals surface area contributed by atoms with Crippen LogP contribution in [-0.4, -0.2) is 34.7 Å². The third-order valence-electron chi connectivity index (χ3n) is 4.28. The minimum atomic E-state index is -0.276. The first-order valence-electron chi connectivity index (χ1n) is 8.68. The van der Waals surface area contributed by atoms with E-state index >= 15 is 0 Å². The Morgan fingerprint density at radius 3 is 2.69 bits per heavy atom. The standard InChI is InChI=1S/C20H18N4O3S2/c1-12-21-10-18(23-19(25)13-6-7-15(26-2)16(9-13)27-3)24(12)20-22-14(11-29-20)17-5-4-8-28-17/h4-11H,1-3H3,(H,23,25). The third kappa shape index (κ3) is 3.74. The first-order valence-corrected chi connectivity index (χ1v) is 10.4. The lowest BCUT2D eigenvalue weighted by molar-refractivity contribution is 0.102. The number of nitrogens with zero attached hydrogens (tertiary/aromatic N) is 3. The van der Waals surface area contributed by atoms with Crippen LogP contribution in [-0.2, 0) is 0 Å². The van der Waals surface area contributed by atoms with Gasteiger partial charge in [-0.25, -0.2) is 9.97 Å². The largest absolute Gasteiger partial charge is 0.493 e. The summed E-state index contributed by atoms with van der Waals surface area (Å²) in [6.45, 7) is 1.87. The van der Waals surface area contributed by atoms with E-state index in [1.54, 1.807) is 42.8 Å². The van der Waals surface area contributed by atoms with Crippen LogP contribution in [0, 0.1) is 6.92 Å². The average molecular weight is 427 g/mol. The van der Waals surface area contributed by atoms with Crippen molar-refractivity contribution >= 4 is 34.4 Å². The highest BCUT2D eigenvalue weighted by molar-refractivity contribution is 7.15. The number of aryl methyl sites for hydroxylation is 1. The van der Waals surface area contributed by atoms with Gasteiger partial charge >= 0.3 is 0 Å². The normalized spacial score (nSPS) is 10.7. The van der Waals surface area contributed by atoms with Crippen molar-refractivity contribution in [3.63, 3.8) is 0 Å². The Kier molecular flexibility index (Phi) is 5.32. The monoisotopic (exact) mass is 426 g/mol. The molecule has 3 aromatic heterocycles. The fraction of sp³-hybridized carbons (Fsp3) is 0.150. The molecule has 0 aliphatic carbocycles. The summed E-state index contributed by atoms with van der Waals surface area (Å²) in [5.74, 6) is 2.07. The summed E-state index contributed by atoms with van der Waals surface area (Å²) in [7, 11) is 3.09. The van der Waals surface area contributed by atoms with Crippen LogP contribution in [0.1, 0.15) is 16.2 Å². The number of aromatic nitrogens is 3. The molecule has 0 saturated heterocycles. The Bertz CT molecular complexity index is 1150. The SMILES string of the molecule is COc1ccc(C(=O)Nc2cnc(C)n2-c2nc(-c3cccs3)cs2)cc1OC. The molecule has 1 amide bonds. The van der Waals surface area contributed by atoms with Crippen molar-refractivity contribution < 1.29 is 14.3 Å². The highest BCUT2D eigenvalue weighted by Gasteiger charge is 2.17.